The summed E-state index contributed by atoms with van der Waals surface area (Å²) in [5.41, 5.74) is -0.400. The molecule has 0 saturated carbocycles. The summed E-state index contributed by atoms with van der Waals surface area (Å²) in [7, 11) is 0. The van der Waals surface area contributed by atoms with Crippen molar-refractivity contribution in [2.75, 3.05) is 19.8 Å². The van der Waals surface area contributed by atoms with Crippen LogP contribution in [0, 0.1) is 11.3 Å². The normalized spacial score (nSPS) is 15.0. The van der Waals surface area contributed by atoms with Gasteiger partial charge in [0.15, 0.2) is 0 Å². The van der Waals surface area contributed by atoms with E-state index in [9.17, 15) is 0 Å². The van der Waals surface area contributed by atoms with Gasteiger partial charge in [-0.25, -0.2) is 0 Å². The van der Waals surface area contributed by atoms with Gasteiger partial charge in [0.1, 0.15) is 0 Å². The highest BCUT2D eigenvalue weighted by Crippen LogP contribution is 2.13. The molecule has 0 aromatic rings. The van der Waals surface area contributed by atoms with Gasteiger partial charge in [-0.3, -0.25) is 0 Å². The lowest BCUT2D eigenvalue weighted by molar-refractivity contribution is 0.0664. The molecule has 13 heavy (non-hydrogen) atoms. The molecule has 0 aliphatic carbocycles. The van der Waals surface area contributed by atoms with Crippen LogP contribution in [0.3, 0.4) is 0 Å². The number of nitrogens with one attached hydrogen (secondary N) is 1. The average Bonchev–Trinajstić information content (AvgIpc) is 2.13. The van der Waals surface area contributed by atoms with Crippen molar-refractivity contribution < 1.29 is 10.2 Å². The minimum Gasteiger partial charge on any atom is -0.396 e. The van der Waals surface area contributed by atoms with Crippen LogP contribution in [0.4, 0.5) is 0 Å². The van der Waals surface area contributed by atoms with E-state index in [0.717, 1.165) is 0 Å². The fourth-order valence-corrected chi connectivity index (χ4v) is 0.805. The molecule has 0 rings (SSSR count). The summed E-state index contributed by atoms with van der Waals surface area (Å²) in [5.74, 6) is 0.571. The van der Waals surface area contributed by atoms with Gasteiger partial charge in [-0.05, 0) is 12.8 Å². The van der Waals surface area contributed by atoms with Gasteiger partial charge < -0.3 is 15.5 Å². The summed E-state index contributed by atoms with van der Waals surface area (Å²) in [4.78, 5) is 0. The Morgan fingerprint density at radius 1 is 1.15 bits per heavy atom. The highest BCUT2D eigenvalue weighted by atomic mass is 16.3. The summed E-state index contributed by atoms with van der Waals surface area (Å²) >= 11 is 0. The molecule has 3 nitrogen and oxygen atoms in total. The zero-order valence-electron chi connectivity index (χ0n) is 9.17. The zero-order valence-corrected chi connectivity index (χ0v) is 9.17. The predicted molar refractivity (Wildman–Crippen MR) is 54.6 cm³/mol. The van der Waals surface area contributed by atoms with Gasteiger partial charge in [-0.15, -0.1) is 0 Å². The minimum absolute atomic E-state index is 0.0152. The van der Waals surface area contributed by atoms with Gasteiger partial charge in [0.2, 0.25) is 0 Å². The molecule has 3 heteroatoms. The van der Waals surface area contributed by atoms with Crippen LogP contribution in [0.25, 0.3) is 0 Å². The fraction of sp³-hybridized carbons (Fsp3) is 1.00. The third-order valence-electron chi connectivity index (χ3n) is 2.61. The Hall–Kier alpha value is -0.120. The Morgan fingerprint density at radius 3 is 1.92 bits per heavy atom. The van der Waals surface area contributed by atoms with Crippen LogP contribution in [0.5, 0.6) is 0 Å². The van der Waals surface area contributed by atoms with E-state index >= 15 is 0 Å². The Morgan fingerprint density at radius 2 is 1.62 bits per heavy atom. The molecule has 0 fully saturated rings. The smallest absolute Gasteiger partial charge is 0.0518 e. The minimum atomic E-state index is -0.400. The number of aliphatic hydroxyl groups excluding tert-OH is 2. The van der Waals surface area contributed by atoms with Crippen LogP contribution in [0.15, 0.2) is 0 Å². The Kier molecular flexibility index (Phi) is 5.53. The number of aliphatic hydroxyl groups is 2. The summed E-state index contributed by atoms with van der Waals surface area (Å²) in [5, 5.41) is 21.4. The Balaban J connectivity index is 3.85. The van der Waals surface area contributed by atoms with Crippen molar-refractivity contribution >= 4 is 0 Å². The summed E-state index contributed by atoms with van der Waals surface area (Å²) < 4.78 is 0. The number of hydrogen-bond donors (Lipinski definition) is 3. The van der Waals surface area contributed by atoms with Crippen LogP contribution in [0.2, 0.25) is 0 Å². The average molecular weight is 189 g/mol. The lowest BCUT2D eigenvalue weighted by Crippen LogP contribution is -2.43. The molecule has 1 unspecified atom stereocenters. The topological polar surface area (TPSA) is 52.5 Å². The van der Waals surface area contributed by atoms with E-state index in [2.05, 4.69) is 26.1 Å². The standard InChI is InChI=1S/C10H23NO2/c1-8(2)9(3)11-5-10(4,6-12)7-13/h8-9,11-13H,5-7H2,1-4H3. The monoisotopic (exact) mass is 189 g/mol. The number of rotatable bonds is 6. The van der Waals surface area contributed by atoms with Crippen LogP contribution >= 0.6 is 0 Å². The van der Waals surface area contributed by atoms with E-state index in [1.807, 2.05) is 6.92 Å². The first kappa shape index (κ1) is 12.9. The van der Waals surface area contributed by atoms with Crippen molar-refractivity contribution in [2.24, 2.45) is 11.3 Å². The maximum absolute atomic E-state index is 9.04. The SMILES string of the molecule is CC(C)C(C)NCC(C)(CO)CO. The fourth-order valence-electron chi connectivity index (χ4n) is 0.805. The molecule has 0 spiro atoms. The van der Waals surface area contributed by atoms with E-state index in [0.29, 0.717) is 18.5 Å². The molecule has 0 heterocycles. The third-order valence-corrected chi connectivity index (χ3v) is 2.61. The summed E-state index contributed by atoms with van der Waals surface area (Å²) in [6.45, 7) is 8.95. The second kappa shape index (κ2) is 5.58. The molecule has 80 valence electrons. The van der Waals surface area contributed by atoms with Gasteiger partial charge in [0.25, 0.3) is 0 Å². The lowest BCUT2D eigenvalue weighted by Gasteiger charge is -2.28. The van der Waals surface area contributed by atoms with Crippen LogP contribution in [-0.4, -0.2) is 36.0 Å². The highest BCUT2D eigenvalue weighted by Gasteiger charge is 2.23. The maximum atomic E-state index is 9.04. The lowest BCUT2D eigenvalue weighted by atomic mass is 9.92. The van der Waals surface area contributed by atoms with Gasteiger partial charge in [0.05, 0.1) is 13.2 Å². The highest BCUT2D eigenvalue weighted by molar-refractivity contribution is 4.77. The van der Waals surface area contributed by atoms with Crippen molar-refractivity contribution in [3.05, 3.63) is 0 Å². The van der Waals surface area contributed by atoms with Gasteiger partial charge in [-0.2, -0.15) is 0 Å². The Labute approximate surface area is 81.2 Å². The number of hydrogen-bond acceptors (Lipinski definition) is 3. The molecule has 1 atom stereocenters. The first-order valence-electron chi connectivity index (χ1n) is 4.90. The van der Waals surface area contributed by atoms with Crippen molar-refractivity contribution in [1.82, 2.24) is 5.32 Å². The molecule has 0 aliphatic rings. The summed E-state index contributed by atoms with van der Waals surface area (Å²) in [6, 6.07) is 0.414. The first-order valence-corrected chi connectivity index (χ1v) is 4.90. The molecule has 0 amide bonds. The third kappa shape index (κ3) is 4.60. The van der Waals surface area contributed by atoms with Gasteiger partial charge in [-0.1, -0.05) is 20.8 Å². The second-order valence-electron chi connectivity index (χ2n) is 4.54. The van der Waals surface area contributed by atoms with E-state index in [4.69, 9.17) is 10.2 Å². The molecule has 0 aliphatic heterocycles. The molecule has 3 N–H and O–H groups in total. The first-order chi connectivity index (χ1) is 5.95. The molecular formula is C10H23NO2. The van der Waals surface area contributed by atoms with Crippen molar-refractivity contribution in [3.63, 3.8) is 0 Å². The van der Waals surface area contributed by atoms with Crippen molar-refractivity contribution in [3.8, 4) is 0 Å². The van der Waals surface area contributed by atoms with Crippen molar-refractivity contribution in [1.29, 1.82) is 0 Å². The van der Waals surface area contributed by atoms with E-state index in [-0.39, 0.29) is 13.2 Å². The van der Waals surface area contributed by atoms with Crippen LogP contribution < -0.4 is 5.32 Å². The van der Waals surface area contributed by atoms with Gasteiger partial charge >= 0.3 is 0 Å². The predicted octanol–water partition coefficient (Wildman–Crippen LogP) is 0.611. The molecule has 0 saturated heterocycles. The maximum Gasteiger partial charge on any atom is 0.0518 e. The van der Waals surface area contributed by atoms with Crippen LogP contribution in [-0.2, 0) is 0 Å². The van der Waals surface area contributed by atoms with E-state index in [1.54, 1.807) is 0 Å². The molecule has 0 radical (unpaired) electrons. The quantitative estimate of drug-likeness (QED) is 0.574. The zero-order chi connectivity index (χ0) is 10.5. The van der Waals surface area contributed by atoms with Crippen LogP contribution in [0.1, 0.15) is 27.7 Å². The van der Waals surface area contributed by atoms with E-state index in [1.165, 1.54) is 0 Å². The molecule has 0 aromatic carbocycles. The Bertz CT molecular complexity index is 133. The van der Waals surface area contributed by atoms with E-state index < -0.39 is 5.41 Å². The van der Waals surface area contributed by atoms with Gasteiger partial charge in [0, 0.05) is 18.0 Å². The second-order valence-corrected chi connectivity index (χ2v) is 4.54. The summed E-state index contributed by atoms with van der Waals surface area (Å²) in [6.07, 6.45) is 0. The molecular weight excluding hydrogens is 166 g/mol. The molecule has 0 bridgehead atoms. The largest absolute Gasteiger partial charge is 0.396 e. The molecule has 0 aromatic heterocycles. The van der Waals surface area contributed by atoms with Crippen molar-refractivity contribution in [2.45, 2.75) is 33.7 Å².